The van der Waals surface area contributed by atoms with Crippen LogP contribution < -0.4 is 10.3 Å². The fourth-order valence-electron chi connectivity index (χ4n) is 3.71. The van der Waals surface area contributed by atoms with Crippen LogP contribution in [0.3, 0.4) is 0 Å². The average molecular weight is 405 g/mol. The number of nitrogens with zero attached hydrogens (tertiary/aromatic N) is 2. The Morgan fingerprint density at radius 3 is 2.18 bits per heavy atom. The van der Waals surface area contributed by atoms with Crippen LogP contribution in [0, 0.1) is 34.6 Å². The zero-order valence-electron chi connectivity index (χ0n) is 17.4. The molecule has 2 aromatic rings. The Hall–Kier alpha value is -2.12. The Morgan fingerprint density at radius 1 is 1.00 bits per heavy atom. The number of sulfonamides is 1. The number of aryl methyl sites for hydroxylation is 3. The van der Waals surface area contributed by atoms with Crippen molar-refractivity contribution in [3.05, 3.63) is 56.5 Å². The normalized spacial score (nSPS) is 17.9. The molecular formula is C21H28N2O4S. The summed E-state index contributed by atoms with van der Waals surface area (Å²) >= 11 is 0. The van der Waals surface area contributed by atoms with E-state index in [0.717, 1.165) is 27.9 Å². The van der Waals surface area contributed by atoms with Crippen molar-refractivity contribution in [3.63, 3.8) is 0 Å². The quantitative estimate of drug-likeness (QED) is 0.786. The molecule has 7 heteroatoms. The van der Waals surface area contributed by atoms with Gasteiger partial charge >= 0.3 is 0 Å². The Bertz CT molecular complexity index is 1060. The summed E-state index contributed by atoms with van der Waals surface area (Å²) in [6.45, 7) is 10.1. The smallest absolute Gasteiger partial charge is 0.254 e. The maximum Gasteiger partial charge on any atom is 0.254 e. The molecule has 1 unspecified atom stereocenters. The molecule has 0 radical (unpaired) electrons. The van der Waals surface area contributed by atoms with Crippen LogP contribution >= 0.6 is 0 Å². The van der Waals surface area contributed by atoms with E-state index in [4.69, 9.17) is 4.74 Å². The van der Waals surface area contributed by atoms with Crippen molar-refractivity contribution in [1.82, 2.24) is 8.87 Å². The number of aromatic nitrogens is 1. The predicted molar refractivity (Wildman–Crippen MR) is 110 cm³/mol. The van der Waals surface area contributed by atoms with Crippen LogP contribution in [-0.4, -0.2) is 36.5 Å². The predicted octanol–water partition coefficient (Wildman–Crippen LogP) is 2.77. The fraction of sp³-hybridized carbons (Fsp3) is 0.476. The van der Waals surface area contributed by atoms with Crippen LogP contribution in [0.25, 0.3) is 0 Å². The zero-order chi connectivity index (χ0) is 20.8. The van der Waals surface area contributed by atoms with E-state index < -0.39 is 10.0 Å². The van der Waals surface area contributed by atoms with E-state index in [2.05, 4.69) is 0 Å². The van der Waals surface area contributed by atoms with Crippen molar-refractivity contribution in [2.75, 3.05) is 13.1 Å². The topological polar surface area (TPSA) is 68.6 Å². The van der Waals surface area contributed by atoms with Crippen molar-refractivity contribution in [2.24, 2.45) is 7.05 Å². The summed E-state index contributed by atoms with van der Waals surface area (Å²) in [6, 6.07) is 5.27. The first kappa shape index (κ1) is 20.6. The van der Waals surface area contributed by atoms with Gasteiger partial charge in [0.05, 0.1) is 11.4 Å². The van der Waals surface area contributed by atoms with E-state index in [1.54, 1.807) is 17.7 Å². The van der Waals surface area contributed by atoms with Gasteiger partial charge in [-0.25, -0.2) is 8.42 Å². The molecule has 1 atom stereocenters. The summed E-state index contributed by atoms with van der Waals surface area (Å²) in [6.07, 6.45) is 0.323. The molecule has 1 saturated heterocycles. The molecule has 2 heterocycles. The van der Waals surface area contributed by atoms with Gasteiger partial charge in [-0.3, -0.25) is 4.79 Å². The summed E-state index contributed by atoms with van der Waals surface area (Å²) in [5, 5.41) is 0. The summed E-state index contributed by atoms with van der Waals surface area (Å²) in [5.74, 6) is 0.489. The lowest BCUT2D eigenvalue weighted by molar-refractivity contribution is 0.214. The maximum atomic E-state index is 13.3. The standard InChI is InChI=1S/C21H28N2O4S/c1-13-9-14(2)17(5)21(16(13)4)28(25,26)23-8-7-18(12-23)27-19-10-15(3)22(6)20(24)11-19/h9-11,18H,7-8,12H2,1-6H3. The van der Waals surface area contributed by atoms with Crippen LogP contribution in [0.1, 0.15) is 34.4 Å². The van der Waals surface area contributed by atoms with E-state index in [-0.39, 0.29) is 18.2 Å². The van der Waals surface area contributed by atoms with Gasteiger partial charge in [0.15, 0.2) is 0 Å². The van der Waals surface area contributed by atoms with Gasteiger partial charge in [0.1, 0.15) is 11.9 Å². The van der Waals surface area contributed by atoms with Crippen LogP contribution in [0.4, 0.5) is 0 Å². The first-order valence-corrected chi connectivity index (χ1v) is 10.9. The van der Waals surface area contributed by atoms with Gasteiger partial charge < -0.3 is 9.30 Å². The van der Waals surface area contributed by atoms with E-state index in [9.17, 15) is 13.2 Å². The molecule has 1 aliphatic heterocycles. The molecule has 3 rings (SSSR count). The van der Waals surface area contributed by atoms with Crippen molar-refractivity contribution >= 4 is 10.0 Å². The first-order chi connectivity index (χ1) is 13.0. The van der Waals surface area contributed by atoms with Gasteiger partial charge in [0, 0.05) is 25.4 Å². The Labute approximate surface area is 166 Å². The molecule has 0 aliphatic carbocycles. The minimum absolute atomic E-state index is 0.140. The van der Waals surface area contributed by atoms with Crippen molar-refractivity contribution in [1.29, 1.82) is 0 Å². The minimum atomic E-state index is -3.61. The number of hydrogen-bond donors (Lipinski definition) is 0. The molecule has 1 aromatic carbocycles. The fourth-order valence-corrected chi connectivity index (χ4v) is 5.77. The number of rotatable bonds is 4. The third kappa shape index (κ3) is 3.61. The third-order valence-corrected chi connectivity index (χ3v) is 7.92. The first-order valence-electron chi connectivity index (χ1n) is 9.44. The second-order valence-corrected chi connectivity index (χ2v) is 9.59. The third-order valence-electron chi connectivity index (χ3n) is 5.78. The Kier molecular flexibility index (Phi) is 5.42. The average Bonchev–Trinajstić information content (AvgIpc) is 3.07. The number of pyridine rings is 1. The highest BCUT2D eigenvalue weighted by molar-refractivity contribution is 7.89. The maximum absolute atomic E-state index is 13.3. The molecule has 1 fully saturated rings. The highest BCUT2D eigenvalue weighted by Crippen LogP contribution is 2.31. The summed E-state index contributed by atoms with van der Waals surface area (Å²) < 4.78 is 35.7. The molecule has 0 saturated carbocycles. The summed E-state index contributed by atoms with van der Waals surface area (Å²) in [4.78, 5) is 12.4. The SMILES string of the molecule is Cc1cc(C)c(C)c(S(=O)(=O)N2CCC(Oc3cc(C)n(C)c(=O)c3)C2)c1C. The van der Waals surface area contributed by atoms with E-state index >= 15 is 0 Å². The lowest BCUT2D eigenvalue weighted by Gasteiger charge is -2.22. The van der Waals surface area contributed by atoms with Crippen LogP contribution in [-0.2, 0) is 17.1 Å². The molecule has 6 nitrogen and oxygen atoms in total. The van der Waals surface area contributed by atoms with Gasteiger partial charge in [-0.1, -0.05) is 6.07 Å². The largest absolute Gasteiger partial charge is 0.489 e. The zero-order valence-corrected chi connectivity index (χ0v) is 18.2. The molecule has 152 valence electrons. The lowest BCUT2D eigenvalue weighted by Crippen LogP contribution is -2.32. The second-order valence-electron chi connectivity index (χ2n) is 7.71. The van der Waals surface area contributed by atoms with Gasteiger partial charge in [-0.2, -0.15) is 4.31 Å². The number of benzene rings is 1. The summed E-state index contributed by atoms with van der Waals surface area (Å²) in [5.41, 5.74) is 4.21. The van der Waals surface area contributed by atoms with Gasteiger partial charge in [0.2, 0.25) is 10.0 Å². The molecule has 0 amide bonds. The van der Waals surface area contributed by atoms with E-state index in [1.807, 2.05) is 40.7 Å². The van der Waals surface area contributed by atoms with Gasteiger partial charge in [0.25, 0.3) is 5.56 Å². The van der Waals surface area contributed by atoms with Gasteiger partial charge in [-0.15, -0.1) is 0 Å². The molecule has 0 N–H and O–H groups in total. The van der Waals surface area contributed by atoms with Gasteiger partial charge in [-0.05, 0) is 69.4 Å². The highest BCUT2D eigenvalue weighted by atomic mass is 32.2. The van der Waals surface area contributed by atoms with E-state index in [1.165, 1.54) is 10.4 Å². The molecular weight excluding hydrogens is 376 g/mol. The number of hydrogen-bond acceptors (Lipinski definition) is 4. The molecule has 28 heavy (non-hydrogen) atoms. The minimum Gasteiger partial charge on any atom is -0.489 e. The van der Waals surface area contributed by atoms with E-state index in [0.29, 0.717) is 23.6 Å². The van der Waals surface area contributed by atoms with Crippen molar-refractivity contribution in [2.45, 2.75) is 52.0 Å². The highest BCUT2D eigenvalue weighted by Gasteiger charge is 2.36. The Morgan fingerprint density at radius 2 is 1.61 bits per heavy atom. The van der Waals surface area contributed by atoms with Crippen molar-refractivity contribution < 1.29 is 13.2 Å². The van der Waals surface area contributed by atoms with Crippen LogP contribution in [0.15, 0.2) is 27.9 Å². The lowest BCUT2D eigenvalue weighted by atomic mass is 10.0. The molecule has 0 spiro atoms. The molecule has 1 aliphatic rings. The molecule has 1 aromatic heterocycles. The monoisotopic (exact) mass is 404 g/mol. The molecule has 0 bridgehead atoms. The summed E-state index contributed by atoms with van der Waals surface area (Å²) in [7, 11) is -1.90. The number of ether oxygens (including phenoxy) is 1. The Balaban J connectivity index is 1.85. The second kappa shape index (κ2) is 7.37. The van der Waals surface area contributed by atoms with Crippen LogP contribution in [0.2, 0.25) is 0 Å². The van der Waals surface area contributed by atoms with Crippen LogP contribution in [0.5, 0.6) is 5.75 Å². The van der Waals surface area contributed by atoms with Crippen molar-refractivity contribution in [3.8, 4) is 5.75 Å².